The molecular weight excluding hydrogens is 223 g/mol. The Balaban J connectivity index is 1.95. The average molecular weight is 234 g/mol. The Hall–Kier alpha value is -1.26. The monoisotopic (exact) mass is 234 g/mol. The Bertz CT molecular complexity index is 505. The summed E-state index contributed by atoms with van der Waals surface area (Å²) >= 11 is 1.52. The summed E-state index contributed by atoms with van der Waals surface area (Å²) in [6, 6.07) is 6.78. The Morgan fingerprint density at radius 2 is 2.12 bits per heavy atom. The smallest absolute Gasteiger partial charge is 0.133 e. The van der Waals surface area contributed by atoms with Crippen LogP contribution in [0.2, 0.25) is 0 Å². The van der Waals surface area contributed by atoms with Crippen molar-refractivity contribution in [3.8, 4) is 10.6 Å². The molecule has 0 saturated carbocycles. The van der Waals surface area contributed by atoms with Crippen LogP contribution in [0.25, 0.3) is 10.6 Å². The van der Waals surface area contributed by atoms with Crippen LogP contribution in [0.5, 0.6) is 0 Å². The fourth-order valence-electron chi connectivity index (χ4n) is 1.73. The van der Waals surface area contributed by atoms with Crippen LogP contribution in [0.1, 0.15) is 11.6 Å². The molecule has 0 aliphatic carbocycles. The average Bonchev–Trinajstić information content (AvgIpc) is 2.65. The molecular formula is C12H11FN2S. The van der Waals surface area contributed by atoms with Gasteiger partial charge in [0, 0.05) is 30.0 Å². The topological polar surface area (TPSA) is 24.9 Å². The lowest BCUT2D eigenvalue weighted by Gasteiger charge is -2.25. The van der Waals surface area contributed by atoms with Crippen molar-refractivity contribution in [1.82, 2.24) is 10.3 Å². The number of benzene rings is 1. The van der Waals surface area contributed by atoms with E-state index in [9.17, 15) is 4.39 Å². The van der Waals surface area contributed by atoms with Crippen molar-refractivity contribution < 1.29 is 4.39 Å². The zero-order valence-electron chi connectivity index (χ0n) is 8.61. The molecule has 2 aromatic rings. The van der Waals surface area contributed by atoms with Gasteiger partial charge in [-0.1, -0.05) is 12.1 Å². The molecule has 0 amide bonds. The largest absolute Gasteiger partial charge is 0.315 e. The number of hydrogen-bond acceptors (Lipinski definition) is 3. The van der Waals surface area contributed by atoms with Gasteiger partial charge in [-0.2, -0.15) is 0 Å². The molecule has 2 nitrogen and oxygen atoms in total. The van der Waals surface area contributed by atoms with Gasteiger partial charge in [-0.25, -0.2) is 9.37 Å². The minimum atomic E-state index is -0.199. The predicted octanol–water partition coefficient (Wildman–Crippen LogP) is 2.64. The summed E-state index contributed by atoms with van der Waals surface area (Å²) in [5.74, 6) is 0.312. The predicted molar refractivity (Wildman–Crippen MR) is 63.1 cm³/mol. The maximum Gasteiger partial charge on any atom is 0.133 e. The molecule has 1 saturated heterocycles. The summed E-state index contributed by atoms with van der Waals surface area (Å²) in [6.45, 7) is 1.97. The normalized spacial score (nSPS) is 16.1. The lowest BCUT2D eigenvalue weighted by molar-refractivity contribution is 0.441. The van der Waals surface area contributed by atoms with Crippen molar-refractivity contribution in [1.29, 1.82) is 0 Å². The van der Waals surface area contributed by atoms with Gasteiger partial charge in [0.1, 0.15) is 10.8 Å². The first-order valence-corrected chi connectivity index (χ1v) is 6.13. The molecule has 82 valence electrons. The van der Waals surface area contributed by atoms with E-state index >= 15 is 0 Å². The van der Waals surface area contributed by atoms with Crippen molar-refractivity contribution in [2.45, 2.75) is 5.92 Å². The quantitative estimate of drug-likeness (QED) is 0.864. The highest BCUT2D eigenvalue weighted by Gasteiger charge is 2.22. The van der Waals surface area contributed by atoms with Crippen LogP contribution in [0, 0.1) is 5.82 Å². The van der Waals surface area contributed by atoms with Gasteiger partial charge in [0.15, 0.2) is 0 Å². The summed E-state index contributed by atoms with van der Waals surface area (Å²) < 4.78 is 13.5. The standard InChI is InChI=1S/C12H11FN2S/c13-10-4-2-1-3-9(10)12-15-11(7-16-12)8-5-14-6-8/h1-4,7-8,14H,5-6H2. The summed E-state index contributed by atoms with van der Waals surface area (Å²) in [4.78, 5) is 4.50. The van der Waals surface area contributed by atoms with Gasteiger partial charge in [0.2, 0.25) is 0 Å². The van der Waals surface area contributed by atoms with Crippen LogP contribution < -0.4 is 5.32 Å². The number of nitrogens with one attached hydrogen (secondary N) is 1. The van der Waals surface area contributed by atoms with Crippen LogP contribution >= 0.6 is 11.3 Å². The second-order valence-electron chi connectivity index (χ2n) is 3.91. The van der Waals surface area contributed by atoms with E-state index in [0.717, 1.165) is 23.8 Å². The van der Waals surface area contributed by atoms with E-state index in [4.69, 9.17) is 0 Å². The first-order valence-electron chi connectivity index (χ1n) is 5.25. The van der Waals surface area contributed by atoms with Gasteiger partial charge in [-0.15, -0.1) is 11.3 Å². The second kappa shape index (κ2) is 3.96. The molecule has 1 aromatic carbocycles. The van der Waals surface area contributed by atoms with E-state index < -0.39 is 0 Å². The Morgan fingerprint density at radius 3 is 2.81 bits per heavy atom. The van der Waals surface area contributed by atoms with Crippen LogP contribution in [0.3, 0.4) is 0 Å². The zero-order valence-corrected chi connectivity index (χ0v) is 9.43. The third-order valence-electron chi connectivity index (χ3n) is 2.83. The van der Waals surface area contributed by atoms with Crippen molar-refractivity contribution in [2.24, 2.45) is 0 Å². The van der Waals surface area contributed by atoms with E-state index in [1.54, 1.807) is 12.1 Å². The minimum absolute atomic E-state index is 0.199. The van der Waals surface area contributed by atoms with Crippen molar-refractivity contribution in [3.63, 3.8) is 0 Å². The highest BCUT2D eigenvalue weighted by molar-refractivity contribution is 7.13. The van der Waals surface area contributed by atoms with Crippen molar-refractivity contribution in [3.05, 3.63) is 41.2 Å². The third-order valence-corrected chi connectivity index (χ3v) is 3.72. The maximum atomic E-state index is 13.5. The number of aromatic nitrogens is 1. The first kappa shape index (κ1) is 9.93. The van der Waals surface area contributed by atoms with Crippen LogP contribution in [-0.4, -0.2) is 18.1 Å². The third kappa shape index (κ3) is 1.64. The maximum absolute atomic E-state index is 13.5. The van der Waals surface area contributed by atoms with E-state index in [-0.39, 0.29) is 5.82 Å². The second-order valence-corrected chi connectivity index (χ2v) is 4.77. The molecule has 4 heteroatoms. The van der Waals surface area contributed by atoms with Crippen molar-refractivity contribution in [2.75, 3.05) is 13.1 Å². The Labute approximate surface area is 97.2 Å². The molecule has 1 fully saturated rings. The highest BCUT2D eigenvalue weighted by atomic mass is 32.1. The van der Waals surface area contributed by atoms with Gasteiger partial charge in [-0.05, 0) is 12.1 Å². The van der Waals surface area contributed by atoms with Gasteiger partial charge in [0.25, 0.3) is 0 Å². The summed E-state index contributed by atoms with van der Waals surface area (Å²) in [7, 11) is 0. The Kier molecular flexibility index (Phi) is 2.46. The Morgan fingerprint density at radius 1 is 1.31 bits per heavy atom. The highest BCUT2D eigenvalue weighted by Crippen LogP contribution is 2.29. The summed E-state index contributed by atoms with van der Waals surface area (Å²) in [6.07, 6.45) is 0. The van der Waals surface area contributed by atoms with E-state index in [2.05, 4.69) is 10.3 Å². The molecule has 3 rings (SSSR count). The van der Waals surface area contributed by atoms with Gasteiger partial charge < -0.3 is 5.32 Å². The minimum Gasteiger partial charge on any atom is -0.315 e. The lowest BCUT2D eigenvalue weighted by Crippen LogP contribution is -2.40. The summed E-state index contributed by atoms with van der Waals surface area (Å²) in [5.41, 5.74) is 1.69. The van der Waals surface area contributed by atoms with E-state index in [1.165, 1.54) is 17.4 Å². The molecule has 0 bridgehead atoms. The number of rotatable bonds is 2. The molecule has 16 heavy (non-hydrogen) atoms. The molecule has 0 unspecified atom stereocenters. The molecule has 2 heterocycles. The molecule has 1 aliphatic rings. The van der Waals surface area contributed by atoms with Crippen LogP contribution in [-0.2, 0) is 0 Å². The fourth-order valence-corrected chi connectivity index (χ4v) is 2.66. The molecule has 1 aliphatic heterocycles. The van der Waals surface area contributed by atoms with Crippen LogP contribution in [0.15, 0.2) is 29.6 Å². The van der Waals surface area contributed by atoms with Crippen molar-refractivity contribution >= 4 is 11.3 Å². The van der Waals surface area contributed by atoms with Gasteiger partial charge in [0.05, 0.1) is 5.69 Å². The number of nitrogens with zero attached hydrogens (tertiary/aromatic N) is 1. The van der Waals surface area contributed by atoms with Gasteiger partial charge in [-0.3, -0.25) is 0 Å². The van der Waals surface area contributed by atoms with Gasteiger partial charge >= 0.3 is 0 Å². The first-order chi connectivity index (χ1) is 7.84. The molecule has 0 atom stereocenters. The number of halogens is 1. The number of hydrogen-bond donors (Lipinski definition) is 1. The molecule has 0 spiro atoms. The van der Waals surface area contributed by atoms with E-state index in [0.29, 0.717) is 11.5 Å². The van der Waals surface area contributed by atoms with Crippen LogP contribution in [0.4, 0.5) is 4.39 Å². The zero-order chi connectivity index (χ0) is 11.0. The molecule has 0 radical (unpaired) electrons. The molecule has 1 N–H and O–H groups in total. The summed E-state index contributed by atoms with van der Waals surface area (Å²) in [5, 5.41) is 6.02. The fraction of sp³-hybridized carbons (Fsp3) is 0.250. The molecule has 1 aromatic heterocycles. The van der Waals surface area contributed by atoms with E-state index in [1.807, 2.05) is 11.4 Å². The lowest BCUT2D eigenvalue weighted by atomic mass is 10.0. The SMILES string of the molecule is Fc1ccccc1-c1nc(C2CNC2)cs1. The number of thiazole rings is 1.